The van der Waals surface area contributed by atoms with Gasteiger partial charge in [-0.15, -0.1) is 12.6 Å². The van der Waals surface area contributed by atoms with Crippen LogP contribution in [0.2, 0.25) is 5.02 Å². The predicted octanol–water partition coefficient (Wildman–Crippen LogP) is 6.81. The highest BCUT2D eigenvalue weighted by Crippen LogP contribution is 2.30. The summed E-state index contributed by atoms with van der Waals surface area (Å²) in [5.74, 6) is 0.611. The summed E-state index contributed by atoms with van der Waals surface area (Å²) in [6, 6.07) is 19.7. The normalized spacial score (nSPS) is 10.4. The van der Waals surface area contributed by atoms with E-state index in [9.17, 15) is 13.2 Å². The summed E-state index contributed by atoms with van der Waals surface area (Å²) in [7, 11) is -3.11. The van der Waals surface area contributed by atoms with E-state index in [0.29, 0.717) is 10.8 Å². The van der Waals surface area contributed by atoms with E-state index in [1.54, 1.807) is 12.1 Å². The van der Waals surface area contributed by atoms with E-state index >= 15 is 0 Å². The third kappa shape index (κ3) is 12.1. The Hall–Kier alpha value is -3.83. The number of rotatable bonds is 6. The number of nitrogens with zero attached hydrogens (tertiary/aromatic N) is 3. The average Bonchev–Trinajstić information content (AvgIpc) is 2.88. The van der Waals surface area contributed by atoms with Crippen LogP contribution in [0.15, 0.2) is 79.3 Å². The van der Waals surface area contributed by atoms with Crippen molar-refractivity contribution in [2.24, 2.45) is 0 Å². The second-order valence-corrected chi connectivity index (χ2v) is 8.85. The largest absolute Gasteiger partial charge is 0.439 e. The van der Waals surface area contributed by atoms with Gasteiger partial charge in [-0.3, -0.25) is 0 Å². The van der Waals surface area contributed by atoms with Gasteiger partial charge < -0.3 is 4.74 Å². The molecule has 0 bridgehead atoms. The molecule has 206 valence electrons. The molecule has 0 unspecified atom stereocenters. The maximum atomic E-state index is 12.5. The van der Waals surface area contributed by atoms with Crippen molar-refractivity contribution in [1.29, 1.82) is 0 Å². The van der Waals surface area contributed by atoms with E-state index in [2.05, 4.69) is 34.0 Å². The van der Waals surface area contributed by atoms with E-state index in [1.807, 2.05) is 37.3 Å². The molecule has 4 rings (SSSR count). The molecular formula is C27H25ClF3N3O4S. The average molecular weight is 580 g/mol. The van der Waals surface area contributed by atoms with E-state index in [0.717, 1.165) is 48.5 Å². The van der Waals surface area contributed by atoms with Crippen LogP contribution in [0, 0.1) is 13.8 Å². The Bertz CT molecular complexity index is 1410. The zero-order chi connectivity index (χ0) is 28.8. The highest BCUT2D eigenvalue weighted by Gasteiger charge is 2.30. The molecule has 0 radical (unpaired) electrons. The van der Waals surface area contributed by atoms with Crippen molar-refractivity contribution in [1.82, 2.24) is 15.0 Å². The Morgan fingerprint density at radius 3 is 2.00 bits per heavy atom. The van der Waals surface area contributed by atoms with Gasteiger partial charge in [0.2, 0.25) is 5.88 Å². The van der Waals surface area contributed by atoms with E-state index in [4.69, 9.17) is 29.0 Å². The van der Waals surface area contributed by atoms with Crippen LogP contribution in [0.5, 0.6) is 11.6 Å². The van der Waals surface area contributed by atoms with Gasteiger partial charge >= 0.3 is 16.8 Å². The first-order valence-electron chi connectivity index (χ1n) is 11.5. The third-order valence-corrected chi connectivity index (χ3v) is 5.56. The summed E-state index contributed by atoms with van der Waals surface area (Å²) in [6.07, 6.45) is 0.300. The SMILES string of the molecule is Cc1ccccc1.Cc1ncnc(CCCc2ccc(Oc3ccc(C(F)(F)F)cn3)cc2)c1Cl.O=S(=O)=O. The van der Waals surface area contributed by atoms with Crippen molar-refractivity contribution in [2.75, 3.05) is 0 Å². The second-order valence-electron chi connectivity index (χ2n) is 8.06. The monoisotopic (exact) mass is 579 g/mol. The van der Waals surface area contributed by atoms with Crippen molar-refractivity contribution >= 4 is 22.2 Å². The molecule has 0 saturated heterocycles. The predicted molar refractivity (Wildman–Crippen MR) is 140 cm³/mol. The number of aromatic nitrogens is 3. The molecule has 0 N–H and O–H groups in total. The lowest BCUT2D eigenvalue weighted by Gasteiger charge is -2.09. The smallest absolute Gasteiger partial charge is 0.425 e. The molecular weight excluding hydrogens is 555 g/mol. The van der Waals surface area contributed by atoms with Crippen molar-refractivity contribution in [3.63, 3.8) is 0 Å². The number of aryl methyl sites for hydroxylation is 4. The zero-order valence-electron chi connectivity index (χ0n) is 21.0. The van der Waals surface area contributed by atoms with Gasteiger partial charge in [-0.25, -0.2) is 15.0 Å². The van der Waals surface area contributed by atoms with Gasteiger partial charge in [0.25, 0.3) is 0 Å². The van der Waals surface area contributed by atoms with Crippen LogP contribution in [0.4, 0.5) is 13.2 Å². The minimum atomic E-state index is -4.41. The second kappa shape index (κ2) is 15.6. The molecule has 0 spiro atoms. The summed E-state index contributed by atoms with van der Waals surface area (Å²) < 4.78 is 68.5. The fraction of sp³-hybridized carbons (Fsp3) is 0.222. The molecule has 0 atom stereocenters. The van der Waals surface area contributed by atoms with Gasteiger partial charge in [-0.2, -0.15) is 13.2 Å². The van der Waals surface area contributed by atoms with Gasteiger partial charge in [0.05, 0.1) is 22.0 Å². The molecule has 0 fully saturated rings. The summed E-state index contributed by atoms with van der Waals surface area (Å²) in [5.41, 5.74) is 3.22. The number of hydrogen-bond donors (Lipinski definition) is 0. The lowest BCUT2D eigenvalue weighted by Crippen LogP contribution is -2.05. The highest BCUT2D eigenvalue weighted by atomic mass is 35.5. The highest BCUT2D eigenvalue weighted by molar-refractivity contribution is 7.59. The first kappa shape index (κ1) is 31.4. The number of ether oxygens (including phenoxy) is 1. The topological polar surface area (TPSA) is 99.1 Å². The van der Waals surface area contributed by atoms with Crippen LogP contribution < -0.4 is 4.74 Å². The van der Waals surface area contributed by atoms with Gasteiger partial charge in [0.15, 0.2) is 0 Å². The number of hydrogen-bond acceptors (Lipinski definition) is 7. The molecule has 0 aliphatic heterocycles. The van der Waals surface area contributed by atoms with Crippen LogP contribution >= 0.6 is 11.6 Å². The van der Waals surface area contributed by atoms with Crippen molar-refractivity contribution in [3.8, 4) is 11.6 Å². The molecule has 2 aromatic carbocycles. The number of pyridine rings is 1. The zero-order valence-corrected chi connectivity index (χ0v) is 22.6. The molecule has 12 heteroatoms. The molecule has 39 heavy (non-hydrogen) atoms. The lowest BCUT2D eigenvalue weighted by molar-refractivity contribution is -0.137. The maximum absolute atomic E-state index is 12.5. The van der Waals surface area contributed by atoms with Gasteiger partial charge in [0.1, 0.15) is 12.1 Å². The van der Waals surface area contributed by atoms with Crippen LogP contribution in [-0.2, 0) is 29.6 Å². The summed E-state index contributed by atoms with van der Waals surface area (Å²) in [5, 5.41) is 0.607. The quantitative estimate of drug-likeness (QED) is 0.247. The molecule has 0 aliphatic rings. The van der Waals surface area contributed by atoms with Gasteiger partial charge in [-0.1, -0.05) is 59.6 Å². The Labute approximate surface area is 230 Å². The molecule has 0 amide bonds. The molecule has 0 aliphatic carbocycles. The fourth-order valence-electron chi connectivity index (χ4n) is 3.13. The van der Waals surface area contributed by atoms with Crippen molar-refractivity contribution in [3.05, 3.63) is 112 Å². The maximum Gasteiger partial charge on any atom is 0.425 e. The Balaban J connectivity index is 0.000000404. The number of halogens is 4. The van der Waals surface area contributed by atoms with E-state index in [1.165, 1.54) is 18.0 Å². The molecule has 2 aromatic heterocycles. The Kier molecular flexibility index (Phi) is 12.5. The Morgan fingerprint density at radius 1 is 0.846 bits per heavy atom. The summed E-state index contributed by atoms with van der Waals surface area (Å²) in [6.45, 7) is 3.93. The molecule has 0 saturated carbocycles. The minimum Gasteiger partial charge on any atom is -0.439 e. The van der Waals surface area contributed by atoms with Crippen LogP contribution in [0.1, 0.15) is 34.5 Å². The lowest BCUT2D eigenvalue weighted by atomic mass is 10.1. The molecule has 7 nitrogen and oxygen atoms in total. The van der Waals surface area contributed by atoms with Crippen LogP contribution in [0.3, 0.4) is 0 Å². The van der Waals surface area contributed by atoms with Crippen LogP contribution in [0.25, 0.3) is 0 Å². The summed E-state index contributed by atoms with van der Waals surface area (Å²) >= 11 is 6.20. The number of alkyl halides is 3. The third-order valence-electron chi connectivity index (χ3n) is 5.06. The first-order chi connectivity index (χ1) is 18.5. The van der Waals surface area contributed by atoms with Gasteiger partial charge in [-0.05, 0) is 56.9 Å². The van der Waals surface area contributed by atoms with Crippen LogP contribution in [-0.4, -0.2) is 27.6 Å². The standard InChI is InChI=1S/C20H17ClF3N3O.C7H8.O3S/c1-13-19(21)17(27-12-26-13)4-2-3-14-5-8-16(9-6-14)28-18-10-7-15(11-25-18)20(22,23)24;1-7-5-3-2-4-6-7;1-4(2)3/h5-12H,2-4H2,1H3;2-6H,1H3;. The molecule has 4 aromatic rings. The van der Waals surface area contributed by atoms with E-state index in [-0.39, 0.29) is 5.88 Å². The van der Waals surface area contributed by atoms with E-state index < -0.39 is 22.3 Å². The Morgan fingerprint density at radius 2 is 1.49 bits per heavy atom. The number of benzene rings is 2. The van der Waals surface area contributed by atoms with Crippen molar-refractivity contribution in [2.45, 2.75) is 39.3 Å². The van der Waals surface area contributed by atoms with Crippen molar-refractivity contribution < 1.29 is 30.5 Å². The van der Waals surface area contributed by atoms with Gasteiger partial charge in [0, 0.05) is 12.3 Å². The summed E-state index contributed by atoms with van der Waals surface area (Å²) in [4.78, 5) is 12.0. The molecule has 2 heterocycles. The fourth-order valence-corrected chi connectivity index (χ4v) is 3.32. The first-order valence-corrected chi connectivity index (χ1v) is 12.9. The minimum absolute atomic E-state index is 0.106.